The van der Waals surface area contributed by atoms with Crippen LogP contribution < -0.4 is 0 Å². The molecule has 2 bridgehead atoms. The average molecular weight is 476 g/mol. The Hall–Kier alpha value is -2.19. The number of nitrogens with zero attached hydrogens (tertiary/aromatic N) is 3. The second-order valence-corrected chi connectivity index (χ2v) is 10.5. The van der Waals surface area contributed by atoms with Crippen LogP contribution in [0.5, 0.6) is 0 Å². The third kappa shape index (κ3) is 3.88. The Balaban J connectivity index is 2.11. The smallest absolute Gasteiger partial charge is 0.248 e. The van der Waals surface area contributed by atoms with Gasteiger partial charge in [-0.25, -0.2) is 0 Å². The number of rotatable bonds is 11. The summed E-state index contributed by atoms with van der Waals surface area (Å²) >= 11 is 0. The predicted octanol–water partition coefficient (Wildman–Crippen LogP) is 1.98. The number of aliphatic hydroxyl groups excluding tert-OH is 1. The van der Waals surface area contributed by atoms with E-state index in [1.54, 1.807) is 28.9 Å². The molecule has 0 saturated carbocycles. The summed E-state index contributed by atoms with van der Waals surface area (Å²) in [5.74, 6) is -2.07. The molecule has 3 aliphatic heterocycles. The Kier molecular flexibility index (Phi) is 7.63. The van der Waals surface area contributed by atoms with Crippen molar-refractivity contribution in [3.63, 3.8) is 0 Å². The van der Waals surface area contributed by atoms with E-state index >= 15 is 0 Å². The van der Waals surface area contributed by atoms with Gasteiger partial charge in [-0.1, -0.05) is 19.1 Å². The molecule has 2 unspecified atom stereocenters. The highest BCUT2D eigenvalue weighted by molar-refractivity contribution is 5.99. The Morgan fingerprint density at radius 2 is 1.85 bits per heavy atom. The van der Waals surface area contributed by atoms with E-state index in [2.05, 4.69) is 13.2 Å². The lowest BCUT2D eigenvalue weighted by Crippen LogP contribution is -2.59. The van der Waals surface area contributed by atoms with E-state index in [9.17, 15) is 19.5 Å². The summed E-state index contributed by atoms with van der Waals surface area (Å²) in [7, 11) is 0. The highest BCUT2D eigenvalue weighted by atomic mass is 16.5. The van der Waals surface area contributed by atoms with Gasteiger partial charge in [-0.05, 0) is 47.0 Å². The van der Waals surface area contributed by atoms with Crippen molar-refractivity contribution in [3.8, 4) is 0 Å². The molecule has 0 radical (unpaired) electrons. The molecule has 3 rings (SSSR count). The molecular weight excluding hydrogens is 434 g/mol. The lowest BCUT2D eigenvalue weighted by atomic mass is 9.66. The summed E-state index contributed by atoms with van der Waals surface area (Å²) in [6.07, 6.45) is 5.26. The van der Waals surface area contributed by atoms with Crippen molar-refractivity contribution in [2.24, 2.45) is 11.8 Å². The monoisotopic (exact) mass is 475 g/mol. The standard InChI is InChI=1S/C26H41N3O5/c1-8-13-27(14-9-2)22(31)19-20-23(32)29(18(6)16-30)21(24(33)28(15-10-3)17(4)5)26(20)12-11-25(19,7)34-26/h8,10,17-21,30H,1,3,9,11-16H2,2,4-7H3/t18-,19-,20+,21?,25+,26?/m1/s1. The van der Waals surface area contributed by atoms with Crippen LogP contribution >= 0.6 is 0 Å². The molecule has 1 spiro atoms. The molecule has 3 saturated heterocycles. The number of hydrogen-bond acceptors (Lipinski definition) is 5. The van der Waals surface area contributed by atoms with Crippen LogP contribution in [-0.4, -0.2) is 93.1 Å². The van der Waals surface area contributed by atoms with Gasteiger partial charge in [0.2, 0.25) is 17.7 Å². The van der Waals surface area contributed by atoms with Crippen LogP contribution in [-0.2, 0) is 19.1 Å². The molecule has 3 aliphatic rings. The number of aliphatic hydroxyl groups is 1. The fraction of sp³-hybridized carbons (Fsp3) is 0.731. The highest BCUT2D eigenvalue weighted by Gasteiger charge is 2.78. The van der Waals surface area contributed by atoms with E-state index in [0.717, 1.165) is 6.42 Å². The largest absolute Gasteiger partial charge is 0.394 e. The van der Waals surface area contributed by atoms with Crippen molar-refractivity contribution in [1.29, 1.82) is 0 Å². The van der Waals surface area contributed by atoms with Crippen molar-refractivity contribution in [2.75, 3.05) is 26.2 Å². The molecule has 34 heavy (non-hydrogen) atoms. The molecule has 3 fully saturated rings. The maximum Gasteiger partial charge on any atom is 0.248 e. The highest BCUT2D eigenvalue weighted by Crippen LogP contribution is 2.63. The molecular formula is C26H41N3O5. The van der Waals surface area contributed by atoms with Gasteiger partial charge in [0.1, 0.15) is 11.6 Å². The average Bonchev–Trinajstić information content (AvgIpc) is 3.36. The van der Waals surface area contributed by atoms with Gasteiger partial charge in [-0.2, -0.15) is 0 Å². The molecule has 190 valence electrons. The Morgan fingerprint density at radius 3 is 2.38 bits per heavy atom. The normalized spacial score (nSPS) is 32.6. The molecule has 8 nitrogen and oxygen atoms in total. The first-order chi connectivity index (χ1) is 16.0. The van der Waals surface area contributed by atoms with Crippen molar-refractivity contribution >= 4 is 17.7 Å². The van der Waals surface area contributed by atoms with Gasteiger partial charge in [-0.3, -0.25) is 14.4 Å². The van der Waals surface area contributed by atoms with Crippen LogP contribution in [0.2, 0.25) is 0 Å². The zero-order chi connectivity index (χ0) is 25.4. The second kappa shape index (κ2) is 9.82. The van der Waals surface area contributed by atoms with Crippen LogP contribution in [0.25, 0.3) is 0 Å². The van der Waals surface area contributed by atoms with Gasteiger partial charge in [-0.15, -0.1) is 13.2 Å². The maximum absolute atomic E-state index is 14.0. The third-order valence-corrected chi connectivity index (χ3v) is 7.84. The van der Waals surface area contributed by atoms with Crippen LogP contribution in [0.3, 0.4) is 0 Å². The summed E-state index contributed by atoms with van der Waals surface area (Å²) in [5.41, 5.74) is -1.91. The van der Waals surface area contributed by atoms with E-state index < -0.39 is 35.1 Å². The molecule has 8 heteroatoms. The number of ether oxygens (including phenoxy) is 1. The molecule has 1 N–H and O–H groups in total. The van der Waals surface area contributed by atoms with Gasteiger partial charge in [0, 0.05) is 25.7 Å². The number of carbonyl (C=O) groups is 3. The first-order valence-electron chi connectivity index (χ1n) is 12.5. The quantitative estimate of drug-likeness (QED) is 0.462. The van der Waals surface area contributed by atoms with Crippen LogP contribution in [0.4, 0.5) is 0 Å². The minimum Gasteiger partial charge on any atom is -0.394 e. The van der Waals surface area contributed by atoms with Gasteiger partial charge >= 0.3 is 0 Å². The van der Waals surface area contributed by atoms with Crippen molar-refractivity contribution < 1.29 is 24.2 Å². The summed E-state index contributed by atoms with van der Waals surface area (Å²) in [5, 5.41) is 9.99. The molecule has 0 aromatic heterocycles. The van der Waals surface area contributed by atoms with Crippen molar-refractivity contribution in [3.05, 3.63) is 25.3 Å². The number of fused-ring (bicyclic) bond motifs is 1. The molecule has 3 heterocycles. The summed E-state index contributed by atoms with van der Waals surface area (Å²) in [6, 6.07) is -1.58. The zero-order valence-corrected chi connectivity index (χ0v) is 21.3. The first-order valence-corrected chi connectivity index (χ1v) is 12.5. The molecule has 0 aliphatic carbocycles. The molecule has 0 aromatic carbocycles. The predicted molar refractivity (Wildman–Crippen MR) is 130 cm³/mol. The van der Waals surface area contributed by atoms with Crippen LogP contribution in [0, 0.1) is 11.8 Å². The number of amides is 3. The van der Waals surface area contributed by atoms with E-state index in [4.69, 9.17) is 4.74 Å². The van der Waals surface area contributed by atoms with Gasteiger partial charge in [0.15, 0.2) is 0 Å². The Labute approximate surface area is 203 Å². The molecule has 3 amide bonds. The Morgan fingerprint density at radius 1 is 1.21 bits per heavy atom. The topological polar surface area (TPSA) is 90.4 Å². The number of likely N-dealkylation sites (tertiary alicyclic amines) is 1. The van der Waals surface area contributed by atoms with Crippen LogP contribution in [0.15, 0.2) is 25.3 Å². The lowest BCUT2D eigenvalue weighted by Gasteiger charge is -2.39. The second-order valence-electron chi connectivity index (χ2n) is 10.5. The maximum atomic E-state index is 14.0. The minimum absolute atomic E-state index is 0.110. The number of hydrogen-bond donors (Lipinski definition) is 1. The van der Waals surface area contributed by atoms with E-state index in [-0.39, 0.29) is 30.4 Å². The van der Waals surface area contributed by atoms with E-state index in [1.807, 2.05) is 27.7 Å². The summed E-state index contributed by atoms with van der Waals surface area (Å²) < 4.78 is 6.66. The van der Waals surface area contributed by atoms with Gasteiger partial charge < -0.3 is 24.5 Å². The third-order valence-electron chi connectivity index (χ3n) is 7.84. The van der Waals surface area contributed by atoms with Gasteiger partial charge in [0.05, 0.1) is 30.1 Å². The van der Waals surface area contributed by atoms with Crippen LogP contribution in [0.1, 0.15) is 53.9 Å². The summed E-state index contributed by atoms with van der Waals surface area (Å²) in [4.78, 5) is 46.8. The summed E-state index contributed by atoms with van der Waals surface area (Å²) in [6.45, 7) is 18.1. The van der Waals surface area contributed by atoms with Crippen molar-refractivity contribution in [1.82, 2.24) is 14.7 Å². The first kappa shape index (κ1) is 26.4. The molecule has 0 aromatic rings. The lowest BCUT2D eigenvalue weighted by molar-refractivity contribution is -0.156. The fourth-order valence-corrected chi connectivity index (χ4v) is 6.35. The van der Waals surface area contributed by atoms with Gasteiger partial charge in [0.25, 0.3) is 0 Å². The molecule has 6 atom stereocenters. The van der Waals surface area contributed by atoms with E-state index in [0.29, 0.717) is 32.5 Å². The van der Waals surface area contributed by atoms with E-state index in [1.165, 1.54) is 4.90 Å². The zero-order valence-electron chi connectivity index (χ0n) is 21.3. The number of carbonyl (C=O) groups excluding carboxylic acids is 3. The Bertz CT molecular complexity index is 844. The minimum atomic E-state index is -1.09. The SMILES string of the molecule is C=CCN(CCC)C(=O)[C@H]1[C@H]2C(=O)N([C@H](C)CO)C(C(=O)N(CC=C)C(C)C)C23CC[C@]1(C)O3. The van der Waals surface area contributed by atoms with Crippen molar-refractivity contribution in [2.45, 2.75) is 83.2 Å². The fourth-order valence-electron chi connectivity index (χ4n) is 6.35.